The van der Waals surface area contributed by atoms with Gasteiger partial charge in [0.05, 0.1) is 0 Å². The molecule has 0 bridgehead atoms. The first-order valence-electron chi connectivity index (χ1n) is 7.91. The molecule has 0 heterocycles. The summed E-state index contributed by atoms with van der Waals surface area (Å²) in [5, 5.41) is 6.98. The highest BCUT2D eigenvalue weighted by molar-refractivity contribution is 7.80. The summed E-state index contributed by atoms with van der Waals surface area (Å²) >= 11 is 16.8. The van der Waals surface area contributed by atoms with E-state index in [1.165, 1.54) is 0 Å². The molecule has 2 N–H and O–H groups in total. The second-order valence-electron chi connectivity index (χ2n) is 5.50. The van der Waals surface area contributed by atoms with Crippen LogP contribution < -0.4 is 15.4 Å². The second kappa shape index (κ2) is 8.86. The first-order chi connectivity index (χ1) is 13.0. The highest BCUT2D eigenvalue weighted by atomic mass is 35.5. The molecule has 0 saturated carbocycles. The van der Waals surface area contributed by atoms with Gasteiger partial charge in [0.15, 0.2) is 5.11 Å². The third kappa shape index (κ3) is 5.69. The number of ether oxygens (including phenoxy) is 1. The summed E-state index contributed by atoms with van der Waals surface area (Å²) in [6, 6.07) is 20.8. The smallest absolute Gasteiger partial charge is 0.257 e. The Morgan fingerprint density at radius 3 is 1.81 bits per heavy atom. The van der Waals surface area contributed by atoms with E-state index in [4.69, 9.17) is 40.2 Å². The van der Waals surface area contributed by atoms with Crippen molar-refractivity contribution in [2.45, 2.75) is 0 Å². The van der Waals surface area contributed by atoms with E-state index in [1.54, 1.807) is 72.8 Å². The molecule has 0 fully saturated rings. The fraction of sp³-hybridized carbons (Fsp3) is 0. The lowest BCUT2D eigenvalue weighted by Gasteiger charge is -2.11. The minimum atomic E-state index is -0.313. The van der Waals surface area contributed by atoms with Gasteiger partial charge in [0.2, 0.25) is 0 Å². The molecule has 0 aliphatic carbocycles. The third-order valence-electron chi connectivity index (χ3n) is 3.49. The van der Waals surface area contributed by atoms with Gasteiger partial charge in [-0.2, -0.15) is 0 Å². The van der Waals surface area contributed by atoms with Crippen LogP contribution in [0.25, 0.3) is 0 Å². The second-order valence-corrected chi connectivity index (χ2v) is 6.78. The van der Waals surface area contributed by atoms with Crippen LogP contribution in [0.15, 0.2) is 72.8 Å². The molecule has 0 atom stereocenters. The molecular formula is C20H14Cl2N2O2S. The zero-order chi connectivity index (χ0) is 19.2. The number of anilines is 1. The number of carbonyl (C=O) groups excluding carboxylic acids is 1. The molecule has 7 heteroatoms. The number of carbonyl (C=O) groups is 1. The summed E-state index contributed by atoms with van der Waals surface area (Å²) in [5.41, 5.74) is 1.19. The SMILES string of the molecule is O=C(NC(=S)Nc1ccc(Oc2ccc(Cl)cc2)cc1)c1ccc(Cl)cc1. The molecule has 0 radical (unpaired) electrons. The Labute approximate surface area is 172 Å². The highest BCUT2D eigenvalue weighted by Crippen LogP contribution is 2.24. The summed E-state index contributed by atoms with van der Waals surface area (Å²) in [5.74, 6) is 1.04. The van der Waals surface area contributed by atoms with Crippen LogP contribution in [0.1, 0.15) is 10.4 Å². The molecule has 0 spiro atoms. The Balaban J connectivity index is 1.55. The Kier molecular flexibility index (Phi) is 6.29. The quantitative estimate of drug-likeness (QED) is 0.518. The standard InChI is InChI=1S/C20H14Cl2N2O2S/c21-14-3-1-13(2-4-14)19(25)24-20(27)23-16-7-11-18(12-8-16)26-17-9-5-15(22)6-10-17/h1-12H,(H2,23,24,25,27). The average Bonchev–Trinajstić information content (AvgIpc) is 2.65. The summed E-state index contributed by atoms with van der Waals surface area (Å²) in [4.78, 5) is 12.1. The number of hydrogen-bond donors (Lipinski definition) is 2. The van der Waals surface area contributed by atoms with Crippen LogP contribution in [0.4, 0.5) is 5.69 Å². The Hall–Kier alpha value is -2.60. The van der Waals surface area contributed by atoms with Crippen molar-refractivity contribution in [2.75, 3.05) is 5.32 Å². The molecule has 3 rings (SSSR count). The van der Waals surface area contributed by atoms with E-state index < -0.39 is 0 Å². The summed E-state index contributed by atoms with van der Waals surface area (Å²) in [6.07, 6.45) is 0. The normalized spacial score (nSPS) is 10.1. The molecule has 0 aliphatic rings. The predicted octanol–water partition coefficient (Wildman–Crippen LogP) is 5.91. The largest absolute Gasteiger partial charge is 0.457 e. The van der Waals surface area contributed by atoms with Gasteiger partial charge in [0.1, 0.15) is 11.5 Å². The lowest BCUT2D eigenvalue weighted by atomic mass is 10.2. The Morgan fingerprint density at radius 2 is 1.26 bits per heavy atom. The summed E-state index contributed by atoms with van der Waals surface area (Å²) < 4.78 is 5.73. The highest BCUT2D eigenvalue weighted by Gasteiger charge is 2.08. The fourth-order valence-electron chi connectivity index (χ4n) is 2.18. The van der Waals surface area contributed by atoms with Crippen molar-refractivity contribution in [2.24, 2.45) is 0 Å². The summed E-state index contributed by atoms with van der Waals surface area (Å²) in [7, 11) is 0. The molecular weight excluding hydrogens is 403 g/mol. The van der Waals surface area contributed by atoms with Crippen LogP contribution in [-0.2, 0) is 0 Å². The lowest BCUT2D eigenvalue weighted by molar-refractivity contribution is 0.0977. The lowest BCUT2D eigenvalue weighted by Crippen LogP contribution is -2.34. The molecule has 0 saturated heterocycles. The molecule has 0 aromatic heterocycles. The number of nitrogens with one attached hydrogen (secondary N) is 2. The number of rotatable bonds is 4. The van der Waals surface area contributed by atoms with Crippen LogP contribution in [0, 0.1) is 0 Å². The number of hydrogen-bond acceptors (Lipinski definition) is 3. The molecule has 0 aliphatic heterocycles. The van der Waals surface area contributed by atoms with Gasteiger partial charge in [-0.15, -0.1) is 0 Å². The van der Waals surface area contributed by atoms with Gasteiger partial charge in [-0.1, -0.05) is 23.2 Å². The average molecular weight is 417 g/mol. The molecule has 3 aromatic carbocycles. The first kappa shape index (κ1) is 19.2. The van der Waals surface area contributed by atoms with Gasteiger partial charge in [0.25, 0.3) is 5.91 Å². The van der Waals surface area contributed by atoms with E-state index in [2.05, 4.69) is 10.6 Å². The predicted molar refractivity (Wildman–Crippen MR) is 113 cm³/mol. The van der Waals surface area contributed by atoms with Gasteiger partial charge in [-0.05, 0) is 85.0 Å². The van der Waals surface area contributed by atoms with Crippen LogP contribution in [-0.4, -0.2) is 11.0 Å². The van der Waals surface area contributed by atoms with Crippen molar-refractivity contribution in [1.82, 2.24) is 5.32 Å². The number of amides is 1. The Bertz CT molecular complexity index is 943. The molecule has 0 unspecified atom stereocenters. The van der Waals surface area contributed by atoms with Crippen molar-refractivity contribution < 1.29 is 9.53 Å². The maximum absolute atomic E-state index is 12.1. The van der Waals surface area contributed by atoms with Gasteiger partial charge < -0.3 is 10.1 Å². The van der Waals surface area contributed by atoms with Crippen LogP contribution >= 0.6 is 35.4 Å². The molecule has 4 nitrogen and oxygen atoms in total. The zero-order valence-corrected chi connectivity index (χ0v) is 16.2. The van der Waals surface area contributed by atoms with E-state index in [9.17, 15) is 4.79 Å². The maximum atomic E-state index is 12.1. The van der Waals surface area contributed by atoms with Gasteiger partial charge in [-0.3, -0.25) is 10.1 Å². The number of benzene rings is 3. The number of thiocarbonyl (C=S) groups is 1. The van der Waals surface area contributed by atoms with Crippen molar-refractivity contribution in [3.63, 3.8) is 0 Å². The number of halogens is 2. The van der Waals surface area contributed by atoms with Gasteiger partial charge in [-0.25, -0.2) is 0 Å². The molecule has 27 heavy (non-hydrogen) atoms. The topological polar surface area (TPSA) is 50.4 Å². The fourth-order valence-corrected chi connectivity index (χ4v) is 2.65. The molecule has 136 valence electrons. The van der Waals surface area contributed by atoms with Crippen molar-refractivity contribution >= 4 is 52.1 Å². The van der Waals surface area contributed by atoms with Crippen molar-refractivity contribution in [3.8, 4) is 11.5 Å². The van der Waals surface area contributed by atoms with E-state index in [0.29, 0.717) is 27.1 Å². The van der Waals surface area contributed by atoms with Crippen LogP contribution in [0.2, 0.25) is 10.0 Å². The van der Waals surface area contributed by atoms with Crippen molar-refractivity contribution in [1.29, 1.82) is 0 Å². The van der Waals surface area contributed by atoms with Crippen molar-refractivity contribution in [3.05, 3.63) is 88.4 Å². The minimum Gasteiger partial charge on any atom is -0.457 e. The molecule has 1 amide bonds. The van der Waals surface area contributed by atoms with E-state index in [0.717, 1.165) is 5.69 Å². The van der Waals surface area contributed by atoms with E-state index >= 15 is 0 Å². The van der Waals surface area contributed by atoms with E-state index in [-0.39, 0.29) is 11.0 Å². The van der Waals surface area contributed by atoms with Gasteiger partial charge >= 0.3 is 0 Å². The maximum Gasteiger partial charge on any atom is 0.257 e. The van der Waals surface area contributed by atoms with Gasteiger partial charge in [0, 0.05) is 21.3 Å². The van der Waals surface area contributed by atoms with Crippen LogP contribution in [0.3, 0.4) is 0 Å². The first-order valence-corrected chi connectivity index (χ1v) is 9.07. The zero-order valence-electron chi connectivity index (χ0n) is 13.9. The minimum absolute atomic E-state index is 0.196. The van der Waals surface area contributed by atoms with Crippen LogP contribution in [0.5, 0.6) is 11.5 Å². The Morgan fingerprint density at radius 1 is 0.778 bits per heavy atom. The van der Waals surface area contributed by atoms with E-state index in [1.807, 2.05) is 0 Å². The summed E-state index contributed by atoms with van der Waals surface area (Å²) in [6.45, 7) is 0. The molecule has 3 aromatic rings. The monoisotopic (exact) mass is 416 g/mol. The third-order valence-corrected chi connectivity index (χ3v) is 4.20.